The molecule has 0 radical (unpaired) electrons. The molecule has 8 nitrogen and oxygen atoms in total. The Hall–Kier alpha value is -0.787. The molecule has 0 saturated carbocycles. The molecule has 116 valence electrons. The van der Waals surface area contributed by atoms with Gasteiger partial charge in [-0.15, -0.1) is 0 Å². The molecular weight excluding hydrogens is 351 g/mol. The van der Waals surface area contributed by atoms with Gasteiger partial charge >= 0.3 is 124 Å². The van der Waals surface area contributed by atoms with Gasteiger partial charge in [-0.25, -0.2) is 0 Å². The first-order chi connectivity index (χ1) is 9.42. The van der Waals surface area contributed by atoms with Gasteiger partial charge in [0, 0.05) is 0 Å². The van der Waals surface area contributed by atoms with E-state index in [9.17, 15) is 14.4 Å². The molecule has 0 aliphatic heterocycles. The summed E-state index contributed by atoms with van der Waals surface area (Å²) in [6.07, 6.45) is 0.0461. The van der Waals surface area contributed by atoms with E-state index < -0.39 is 39.9 Å². The third-order valence-electron chi connectivity index (χ3n) is 1.86. The van der Waals surface area contributed by atoms with Gasteiger partial charge in [-0.1, -0.05) is 0 Å². The van der Waals surface area contributed by atoms with Gasteiger partial charge in [0.05, 0.1) is 0 Å². The van der Waals surface area contributed by atoms with Crippen LogP contribution in [0.5, 0.6) is 0 Å². The molecule has 0 bridgehead atoms. The molecule has 0 aliphatic rings. The van der Waals surface area contributed by atoms with E-state index in [2.05, 4.69) is 0 Å². The Kier molecular flexibility index (Phi) is 9.62. The molecule has 0 amide bonds. The van der Waals surface area contributed by atoms with Crippen LogP contribution in [-0.2, 0) is 52.7 Å². The monoisotopic (exact) mass is 370 g/mol. The Morgan fingerprint density at radius 3 is 1.35 bits per heavy atom. The summed E-state index contributed by atoms with van der Waals surface area (Å²) >= 11 is -5.20. The Balaban J connectivity index is 5.18. The van der Waals surface area contributed by atoms with E-state index in [-0.39, 0.29) is 25.9 Å². The summed E-state index contributed by atoms with van der Waals surface area (Å²) in [7, 11) is 0. The van der Waals surface area contributed by atoms with E-state index in [1.165, 1.54) is 0 Å². The molecule has 0 aromatic rings. The molecule has 0 aliphatic carbocycles. The molecule has 9 heteroatoms. The second-order valence-electron chi connectivity index (χ2n) is 3.47. The minimum atomic E-state index is -5.20. The van der Waals surface area contributed by atoms with Gasteiger partial charge in [0.2, 0.25) is 0 Å². The molecule has 0 rings (SSSR count). The van der Waals surface area contributed by atoms with Crippen LogP contribution in [0, 0.1) is 0 Å². The van der Waals surface area contributed by atoms with Crippen molar-refractivity contribution in [1.82, 2.24) is 0 Å². The van der Waals surface area contributed by atoms with Crippen molar-refractivity contribution < 1.29 is 52.7 Å². The van der Waals surface area contributed by atoms with Crippen molar-refractivity contribution in [2.24, 2.45) is 0 Å². The fraction of sp³-hybridized carbons (Fsp3) is 0.727. The Morgan fingerprint density at radius 2 is 1.10 bits per heavy atom. The number of hydrogen-bond acceptors (Lipinski definition) is 8. The normalized spacial score (nSPS) is 10.8. The fourth-order valence-corrected chi connectivity index (χ4v) is 5.20. The summed E-state index contributed by atoms with van der Waals surface area (Å²) < 4.78 is 19.8. The van der Waals surface area contributed by atoms with Gasteiger partial charge in [-0.3, -0.25) is 0 Å². The van der Waals surface area contributed by atoms with E-state index in [1.807, 2.05) is 0 Å². The van der Waals surface area contributed by atoms with Crippen molar-refractivity contribution in [2.45, 2.75) is 47.0 Å². The summed E-state index contributed by atoms with van der Waals surface area (Å²) in [6.45, 7) is 6.35. The van der Waals surface area contributed by atoms with Crippen LogP contribution in [0.2, 0.25) is 0 Å². The molecule has 0 unspecified atom stereocenters. The van der Waals surface area contributed by atoms with E-state index in [0.29, 0.717) is 0 Å². The fourth-order valence-electron chi connectivity index (χ4n) is 0.879. The second kappa shape index (κ2) is 10.0. The van der Waals surface area contributed by atoms with E-state index >= 15 is 0 Å². The first-order valence-electron chi connectivity index (χ1n) is 6.39. The molecular formula is C11H20O8Zr. The van der Waals surface area contributed by atoms with Crippen molar-refractivity contribution in [3.05, 3.63) is 0 Å². The number of carbonyl (C=O) groups excluding carboxylic acids is 3. The predicted octanol–water partition coefficient (Wildman–Crippen LogP) is 1.63. The molecule has 0 atom stereocenters. The summed E-state index contributed by atoms with van der Waals surface area (Å²) in [5.41, 5.74) is 0. The van der Waals surface area contributed by atoms with E-state index in [1.54, 1.807) is 27.7 Å². The van der Waals surface area contributed by atoms with Gasteiger partial charge in [0.25, 0.3) is 0 Å². The minimum absolute atomic E-state index is 0.0154. The molecule has 0 heterocycles. The Morgan fingerprint density at radius 1 is 0.750 bits per heavy atom. The van der Waals surface area contributed by atoms with Gasteiger partial charge < -0.3 is 0 Å². The quantitative estimate of drug-likeness (QED) is 0.445. The van der Waals surface area contributed by atoms with Crippen molar-refractivity contribution in [1.29, 1.82) is 0 Å². The van der Waals surface area contributed by atoms with Crippen LogP contribution < -0.4 is 0 Å². The Labute approximate surface area is 124 Å². The van der Waals surface area contributed by atoms with E-state index in [0.717, 1.165) is 0 Å². The van der Waals surface area contributed by atoms with Crippen LogP contribution in [0.1, 0.15) is 47.0 Å². The molecule has 0 aromatic carbocycles. The third kappa shape index (κ3) is 7.12. The second-order valence-corrected chi connectivity index (χ2v) is 7.85. The van der Waals surface area contributed by atoms with Gasteiger partial charge in [0.15, 0.2) is 0 Å². The molecule has 0 saturated heterocycles. The van der Waals surface area contributed by atoms with Crippen molar-refractivity contribution in [2.75, 3.05) is 6.61 Å². The average Bonchev–Trinajstić information content (AvgIpc) is 2.44. The van der Waals surface area contributed by atoms with E-state index in [4.69, 9.17) is 16.3 Å². The third-order valence-corrected chi connectivity index (χ3v) is 6.18. The summed E-state index contributed by atoms with van der Waals surface area (Å²) in [5, 5.41) is 0. The number of carbonyl (C=O) groups is 3. The molecule has 0 spiro atoms. The molecule has 0 fully saturated rings. The van der Waals surface area contributed by atoms with Crippen molar-refractivity contribution >= 4 is 17.9 Å². The predicted molar refractivity (Wildman–Crippen MR) is 61.9 cm³/mol. The van der Waals surface area contributed by atoms with Crippen molar-refractivity contribution in [3.63, 3.8) is 0 Å². The van der Waals surface area contributed by atoms with Gasteiger partial charge in [0.1, 0.15) is 0 Å². The average molecular weight is 371 g/mol. The van der Waals surface area contributed by atoms with Gasteiger partial charge in [-0.05, 0) is 0 Å². The number of rotatable bonds is 9. The van der Waals surface area contributed by atoms with Crippen LogP contribution in [-0.4, -0.2) is 24.5 Å². The first-order valence-corrected chi connectivity index (χ1v) is 10.4. The maximum absolute atomic E-state index is 11.4. The van der Waals surface area contributed by atoms with Crippen LogP contribution in [0.25, 0.3) is 0 Å². The summed E-state index contributed by atoms with van der Waals surface area (Å²) in [5.74, 6) is -2.10. The molecule has 20 heavy (non-hydrogen) atoms. The zero-order valence-corrected chi connectivity index (χ0v) is 14.6. The van der Waals surface area contributed by atoms with Crippen LogP contribution in [0.15, 0.2) is 0 Å². The zero-order valence-electron chi connectivity index (χ0n) is 12.1. The van der Waals surface area contributed by atoms with Crippen LogP contribution in [0.4, 0.5) is 0 Å². The Bertz CT molecular complexity index is 298. The van der Waals surface area contributed by atoms with Gasteiger partial charge in [-0.2, -0.15) is 0 Å². The SMILES string of the molecule is CCO[O][Zr]([O]C(=O)CC)([O]C(=O)CC)[O]C(=O)CC. The van der Waals surface area contributed by atoms with Crippen molar-refractivity contribution in [3.8, 4) is 0 Å². The van der Waals surface area contributed by atoms with Crippen LogP contribution >= 0.6 is 0 Å². The zero-order chi connectivity index (χ0) is 15.6. The summed E-state index contributed by atoms with van der Waals surface area (Å²) in [4.78, 5) is 39.0. The summed E-state index contributed by atoms with van der Waals surface area (Å²) in [6, 6.07) is 0. The topological polar surface area (TPSA) is 97.4 Å². The molecule has 0 N–H and O–H groups in total. The standard InChI is InChI=1S/3C3H6O2.C2H6O2.Zr/c3*1-2-3(4)5;1-2-4-3;/h3*2H2,1H3,(H,4,5);3H,2H2,1H3;/q;;;;+4/p-4. The number of hydrogen-bond donors (Lipinski definition) is 0. The first kappa shape index (κ1) is 19.2. The molecule has 0 aromatic heterocycles. The maximum atomic E-state index is 11.4. The van der Waals surface area contributed by atoms with Crippen LogP contribution in [0.3, 0.4) is 0 Å².